The molecule has 6 nitrogen and oxygen atoms in total. The van der Waals surface area contributed by atoms with Crippen LogP contribution in [0.25, 0.3) is 0 Å². The smallest absolute Gasteiger partial charge is 0.191 e. The molecule has 0 saturated heterocycles. The van der Waals surface area contributed by atoms with Crippen molar-refractivity contribution in [2.24, 2.45) is 12.0 Å². The number of nitrogens with one attached hydrogen (secondary N) is 2. The summed E-state index contributed by atoms with van der Waals surface area (Å²) < 4.78 is 1.85. The Morgan fingerprint density at radius 3 is 2.75 bits per heavy atom. The number of guanidine groups is 1. The molecular weight excluding hydrogens is 435 g/mol. The van der Waals surface area contributed by atoms with Crippen LogP contribution >= 0.6 is 35.7 Å². The Kier molecular flexibility index (Phi) is 9.43. The van der Waals surface area contributed by atoms with Crippen molar-refractivity contribution in [3.8, 4) is 0 Å². The average molecular weight is 466 g/mol. The summed E-state index contributed by atoms with van der Waals surface area (Å²) in [6.07, 6.45) is 9.96. The van der Waals surface area contributed by atoms with Gasteiger partial charge >= 0.3 is 0 Å². The maximum atomic E-state index is 4.38. The van der Waals surface area contributed by atoms with Crippen LogP contribution in [-0.2, 0) is 7.05 Å². The molecule has 1 fully saturated rings. The van der Waals surface area contributed by atoms with E-state index < -0.39 is 0 Å². The fourth-order valence-electron chi connectivity index (χ4n) is 3.08. The van der Waals surface area contributed by atoms with Crippen molar-refractivity contribution in [2.45, 2.75) is 36.6 Å². The molecule has 2 N–H and O–H groups in total. The van der Waals surface area contributed by atoms with Gasteiger partial charge in [-0.05, 0) is 39.6 Å². The lowest BCUT2D eigenvalue weighted by Gasteiger charge is -2.25. The summed E-state index contributed by atoms with van der Waals surface area (Å²) in [7, 11) is 7.97. The molecule has 0 aromatic carbocycles. The van der Waals surface area contributed by atoms with Gasteiger partial charge in [-0.3, -0.25) is 9.67 Å². The lowest BCUT2D eigenvalue weighted by molar-refractivity contribution is 0.298. The number of thioether (sulfide) groups is 1. The Balaban J connectivity index is 0.00000288. The molecule has 0 spiro atoms. The molecule has 0 aliphatic heterocycles. The Hall–Kier alpha value is -0.480. The van der Waals surface area contributed by atoms with Gasteiger partial charge in [0.05, 0.1) is 12.2 Å². The van der Waals surface area contributed by atoms with Crippen LogP contribution in [-0.4, -0.2) is 65.9 Å². The average Bonchev–Trinajstić information content (AvgIpc) is 3.15. The van der Waals surface area contributed by atoms with E-state index in [0.29, 0.717) is 6.04 Å². The highest BCUT2D eigenvalue weighted by molar-refractivity contribution is 14.0. The van der Waals surface area contributed by atoms with E-state index in [1.807, 2.05) is 36.7 Å². The molecule has 3 unspecified atom stereocenters. The van der Waals surface area contributed by atoms with E-state index in [9.17, 15) is 0 Å². The quantitative estimate of drug-likeness (QED) is 0.382. The summed E-state index contributed by atoms with van der Waals surface area (Å²) in [5, 5.41) is 12.1. The third-order valence-corrected chi connectivity index (χ3v) is 5.57. The van der Waals surface area contributed by atoms with Crippen LogP contribution in [0.15, 0.2) is 17.4 Å². The largest absolute Gasteiger partial charge is 0.354 e. The van der Waals surface area contributed by atoms with Gasteiger partial charge in [-0.2, -0.15) is 16.9 Å². The van der Waals surface area contributed by atoms with Crippen molar-refractivity contribution < 1.29 is 0 Å². The molecule has 1 saturated carbocycles. The summed E-state index contributed by atoms with van der Waals surface area (Å²) in [6.45, 7) is 0.803. The second kappa shape index (κ2) is 10.5. The van der Waals surface area contributed by atoms with Crippen LogP contribution in [0.1, 0.15) is 30.9 Å². The number of aliphatic imine (C=N–C) groups is 1. The van der Waals surface area contributed by atoms with Crippen molar-refractivity contribution in [2.75, 3.05) is 33.9 Å². The second-order valence-electron chi connectivity index (χ2n) is 6.39. The lowest BCUT2D eigenvalue weighted by Crippen LogP contribution is -2.45. The predicted octanol–water partition coefficient (Wildman–Crippen LogP) is 2.09. The summed E-state index contributed by atoms with van der Waals surface area (Å²) >= 11 is 1.98. The molecule has 1 aromatic heterocycles. The van der Waals surface area contributed by atoms with Crippen molar-refractivity contribution in [3.05, 3.63) is 18.0 Å². The Morgan fingerprint density at radius 2 is 2.25 bits per heavy atom. The number of halogens is 1. The SMILES string of the molecule is CN=C(NCC(c1cnn(C)c1)N(C)C)NC1CCC(SC)C1.I. The van der Waals surface area contributed by atoms with Crippen LogP contribution in [0.5, 0.6) is 0 Å². The number of aryl methyl sites for hydroxylation is 1. The Labute approximate surface area is 167 Å². The molecule has 0 radical (unpaired) electrons. The van der Waals surface area contributed by atoms with Crippen LogP contribution in [0, 0.1) is 0 Å². The van der Waals surface area contributed by atoms with Gasteiger partial charge < -0.3 is 15.5 Å². The standard InChI is InChI=1S/C16H30N6S.HI/c1-17-16(20-13-6-7-14(8-13)23-5)18-10-15(21(2)3)12-9-19-22(4)11-12;/h9,11,13-15H,6-8,10H2,1-5H3,(H2,17,18,20);1H. The summed E-state index contributed by atoms with van der Waals surface area (Å²) in [5.41, 5.74) is 1.21. The van der Waals surface area contributed by atoms with E-state index in [1.165, 1.54) is 24.8 Å². The third kappa shape index (κ3) is 6.11. The number of rotatable bonds is 6. The highest BCUT2D eigenvalue weighted by Crippen LogP contribution is 2.28. The minimum absolute atomic E-state index is 0. The fourth-order valence-corrected chi connectivity index (χ4v) is 3.87. The first-order valence-corrected chi connectivity index (χ1v) is 9.47. The lowest BCUT2D eigenvalue weighted by atomic mass is 10.1. The topological polar surface area (TPSA) is 57.5 Å². The van der Waals surface area contributed by atoms with Crippen molar-refractivity contribution in [1.82, 2.24) is 25.3 Å². The molecule has 3 atom stereocenters. The van der Waals surface area contributed by atoms with E-state index in [2.05, 4.69) is 52.2 Å². The number of hydrogen-bond acceptors (Lipinski definition) is 4. The molecule has 1 aromatic rings. The highest BCUT2D eigenvalue weighted by atomic mass is 127. The second-order valence-corrected chi connectivity index (χ2v) is 7.53. The van der Waals surface area contributed by atoms with Crippen LogP contribution < -0.4 is 10.6 Å². The molecule has 1 aliphatic rings. The zero-order valence-corrected chi connectivity index (χ0v) is 18.5. The van der Waals surface area contributed by atoms with Gasteiger partial charge in [-0.1, -0.05) is 0 Å². The van der Waals surface area contributed by atoms with E-state index in [4.69, 9.17) is 0 Å². The molecule has 2 rings (SSSR count). The molecule has 138 valence electrons. The molecular formula is C16H31IN6S. The molecule has 0 bridgehead atoms. The molecule has 1 aliphatic carbocycles. The number of hydrogen-bond donors (Lipinski definition) is 2. The maximum Gasteiger partial charge on any atom is 0.191 e. The maximum absolute atomic E-state index is 4.38. The summed E-state index contributed by atoms with van der Waals surface area (Å²) in [4.78, 5) is 6.59. The van der Waals surface area contributed by atoms with Crippen LogP contribution in [0.4, 0.5) is 0 Å². The predicted molar refractivity (Wildman–Crippen MR) is 114 cm³/mol. The number of nitrogens with zero attached hydrogens (tertiary/aromatic N) is 4. The zero-order chi connectivity index (χ0) is 16.8. The van der Waals surface area contributed by atoms with Gasteiger partial charge in [0.2, 0.25) is 0 Å². The van der Waals surface area contributed by atoms with Gasteiger partial charge in [0.1, 0.15) is 0 Å². The minimum atomic E-state index is 0. The van der Waals surface area contributed by atoms with Crippen LogP contribution in [0.3, 0.4) is 0 Å². The van der Waals surface area contributed by atoms with Crippen LogP contribution in [0.2, 0.25) is 0 Å². The van der Waals surface area contributed by atoms with E-state index >= 15 is 0 Å². The number of likely N-dealkylation sites (N-methyl/N-ethyl adjacent to an activating group) is 1. The first-order valence-electron chi connectivity index (χ1n) is 8.18. The minimum Gasteiger partial charge on any atom is -0.354 e. The molecule has 1 heterocycles. The summed E-state index contributed by atoms with van der Waals surface area (Å²) in [5.74, 6) is 0.896. The number of aromatic nitrogens is 2. The zero-order valence-electron chi connectivity index (χ0n) is 15.3. The van der Waals surface area contributed by atoms with Crippen molar-refractivity contribution in [3.63, 3.8) is 0 Å². The summed E-state index contributed by atoms with van der Waals surface area (Å²) in [6, 6.07) is 0.805. The van der Waals surface area contributed by atoms with Crippen molar-refractivity contribution in [1.29, 1.82) is 0 Å². The third-order valence-electron chi connectivity index (χ3n) is 4.48. The van der Waals surface area contributed by atoms with E-state index in [-0.39, 0.29) is 30.0 Å². The van der Waals surface area contributed by atoms with Gasteiger partial charge in [0, 0.05) is 43.7 Å². The highest BCUT2D eigenvalue weighted by Gasteiger charge is 2.25. The molecule has 0 amide bonds. The van der Waals surface area contributed by atoms with Crippen molar-refractivity contribution >= 4 is 41.7 Å². The molecule has 8 heteroatoms. The first kappa shape index (κ1) is 21.6. The van der Waals surface area contributed by atoms with Gasteiger partial charge in [0.25, 0.3) is 0 Å². The normalized spacial score (nSPS) is 22.3. The van der Waals surface area contributed by atoms with Gasteiger partial charge in [-0.15, -0.1) is 24.0 Å². The monoisotopic (exact) mass is 466 g/mol. The molecule has 24 heavy (non-hydrogen) atoms. The first-order chi connectivity index (χ1) is 11.0. The van der Waals surface area contributed by atoms with E-state index in [1.54, 1.807) is 0 Å². The fraction of sp³-hybridized carbons (Fsp3) is 0.750. The van der Waals surface area contributed by atoms with E-state index in [0.717, 1.165) is 17.8 Å². The van der Waals surface area contributed by atoms with Gasteiger partial charge in [0.15, 0.2) is 5.96 Å². The van der Waals surface area contributed by atoms with Gasteiger partial charge in [-0.25, -0.2) is 0 Å². The Bertz CT molecular complexity index is 518. The Morgan fingerprint density at radius 1 is 1.50 bits per heavy atom.